The first-order chi connectivity index (χ1) is 9.82. The first-order valence-corrected chi connectivity index (χ1v) is 6.65. The molecule has 0 unspecified atom stereocenters. The number of likely N-dealkylation sites (N-methyl/N-ethyl adjacent to an activating group) is 1. The number of rotatable bonds is 5. The summed E-state index contributed by atoms with van der Waals surface area (Å²) in [5, 5.41) is 21.5. The predicted octanol–water partition coefficient (Wildman–Crippen LogP) is 0.555. The topological polar surface area (TPSA) is 89.1 Å². The van der Waals surface area contributed by atoms with Crippen molar-refractivity contribution >= 4 is 5.97 Å². The summed E-state index contributed by atoms with van der Waals surface area (Å²) >= 11 is 0. The fraction of sp³-hybridized carbons (Fsp3) is 0.538. The van der Waals surface area contributed by atoms with Gasteiger partial charge < -0.3 is 10.0 Å². The molecule has 0 aliphatic heterocycles. The molecule has 114 valence electrons. The van der Waals surface area contributed by atoms with Gasteiger partial charge in [0.15, 0.2) is 5.69 Å². The van der Waals surface area contributed by atoms with Crippen LogP contribution in [0, 0.1) is 13.8 Å². The van der Waals surface area contributed by atoms with Gasteiger partial charge in [-0.1, -0.05) is 5.21 Å². The lowest BCUT2D eigenvalue weighted by atomic mass is 10.1. The van der Waals surface area contributed by atoms with Gasteiger partial charge in [0.2, 0.25) is 0 Å². The molecule has 21 heavy (non-hydrogen) atoms. The summed E-state index contributed by atoms with van der Waals surface area (Å²) in [6, 6.07) is 0. The smallest absolute Gasteiger partial charge is 0.358 e. The van der Waals surface area contributed by atoms with E-state index in [1.807, 2.05) is 39.9 Å². The van der Waals surface area contributed by atoms with E-state index >= 15 is 0 Å². The highest BCUT2D eigenvalue weighted by Crippen LogP contribution is 2.28. The molecule has 0 saturated carbocycles. The van der Waals surface area contributed by atoms with Crippen molar-refractivity contribution in [2.75, 3.05) is 20.6 Å². The summed E-state index contributed by atoms with van der Waals surface area (Å²) in [5.41, 5.74) is 2.94. The second-order valence-corrected chi connectivity index (χ2v) is 5.29. The van der Waals surface area contributed by atoms with E-state index in [2.05, 4.69) is 15.4 Å². The van der Waals surface area contributed by atoms with Crippen LogP contribution in [-0.2, 0) is 13.6 Å². The van der Waals surface area contributed by atoms with Gasteiger partial charge in [-0.05, 0) is 27.9 Å². The molecular formula is C13H20N6O2. The highest BCUT2D eigenvalue weighted by molar-refractivity contribution is 5.93. The van der Waals surface area contributed by atoms with E-state index in [1.165, 1.54) is 0 Å². The molecule has 2 rings (SSSR count). The van der Waals surface area contributed by atoms with E-state index in [0.717, 1.165) is 23.5 Å². The standard InChI is InChI=1S/C13H20N6O2/c1-8-10(9(2)18(5)15-8)12-11(13(20)21)14-16-19(12)7-6-17(3)4/h6-7H2,1-5H3,(H,20,21). The van der Waals surface area contributed by atoms with Crippen molar-refractivity contribution < 1.29 is 9.90 Å². The van der Waals surface area contributed by atoms with Crippen molar-refractivity contribution in [1.29, 1.82) is 0 Å². The van der Waals surface area contributed by atoms with Crippen LogP contribution in [0.5, 0.6) is 0 Å². The Balaban J connectivity index is 2.58. The maximum Gasteiger partial charge on any atom is 0.358 e. The van der Waals surface area contributed by atoms with E-state index in [0.29, 0.717) is 12.2 Å². The number of aryl methyl sites for hydroxylation is 2. The Morgan fingerprint density at radius 2 is 2.00 bits per heavy atom. The highest BCUT2D eigenvalue weighted by atomic mass is 16.4. The van der Waals surface area contributed by atoms with Gasteiger partial charge in [0.05, 0.1) is 12.2 Å². The molecule has 0 bridgehead atoms. The number of aromatic nitrogens is 5. The Kier molecular flexibility index (Phi) is 4.08. The number of carbonyl (C=O) groups is 1. The zero-order valence-electron chi connectivity index (χ0n) is 13.0. The van der Waals surface area contributed by atoms with Crippen LogP contribution in [0.25, 0.3) is 11.3 Å². The van der Waals surface area contributed by atoms with Crippen LogP contribution in [0.3, 0.4) is 0 Å². The van der Waals surface area contributed by atoms with Crippen LogP contribution in [-0.4, -0.2) is 61.4 Å². The molecule has 0 amide bonds. The average Bonchev–Trinajstić information content (AvgIpc) is 2.89. The first-order valence-electron chi connectivity index (χ1n) is 6.65. The molecule has 0 fully saturated rings. The average molecular weight is 292 g/mol. The predicted molar refractivity (Wildman–Crippen MR) is 77.2 cm³/mol. The molecule has 2 aromatic heterocycles. The Labute approximate surface area is 123 Å². The highest BCUT2D eigenvalue weighted by Gasteiger charge is 2.25. The van der Waals surface area contributed by atoms with Gasteiger partial charge in [0.1, 0.15) is 5.69 Å². The fourth-order valence-corrected chi connectivity index (χ4v) is 2.27. The van der Waals surface area contributed by atoms with Gasteiger partial charge in [-0.2, -0.15) is 5.10 Å². The number of hydrogen-bond donors (Lipinski definition) is 1. The van der Waals surface area contributed by atoms with Gasteiger partial charge in [0.25, 0.3) is 0 Å². The maximum atomic E-state index is 11.4. The molecule has 0 aliphatic rings. The molecule has 0 saturated heterocycles. The van der Waals surface area contributed by atoms with Crippen LogP contribution >= 0.6 is 0 Å². The van der Waals surface area contributed by atoms with E-state index < -0.39 is 5.97 Å². The lowest BCUT2D eigenvalue weighted by Gasteiger charge is -2.11. The van der Waals surface area contributed by atoms with E-state index in [4.69, 9.17) is 0 Å². The zero-order chi connectivity index (χ0) is 15.7. The molecule has 8 nitrogen and oxygen atoms in total. The molecule has 2 aromatic rings. The number of nitrogens with zero attached hydrogens (tertiary/aromatic N) is 6. The third-order valence-corrected chi connectivity index (χ3v) is 3.44. The van der Waals surface area contributed by atoms with Crippen molar-refractivity contribution in [3.8, 4) is 11.3 Å². The van der Waals surface area contributed by atoms with Gasteiger partial charge in [0, 0.05) is 24.8 Å². The molecule has 0 aromatic carbocycles. The van der Waals surface area contributed by atoms with E-state index in [-0.39, 0.29) is 5.69 Å². The van der Waals surface area contributed by atoms with Crippen molar-refractivity contribution in [3.05, 3.63) is 17.1 Å². The monoisotopic (exact) mass is 292 g/mol. The van der Waals surface area contributed by atoms with Crippen LogP contribution in [0.1, 0.15) is 21.9 Å². The third-order valence-electron chi connectivity index (χ3n) is 3.44. The summed E-state index contributed by atoms with van der Waals surface area (Å²) in [5.74, 6) is -1.08. The summed E-state index contributed by atoms with van der Waals surface area (Å²) in [6.45, 7) is 5.08. The quantitative estimate of drug-likeness (QED) is 0.866. The number of hydrogen-bond acceptors (Lipinski definition) is 5. The lowest BCUT2D eigenvalue weighted by Crippen LogP contribution is -2.20. The fourth-order valence-electron chi connectivity index (χ4n) is 2.27. The van der Waals surface area contributed by atoms with E-state index in [1.54, 1.807) is 9.36 Å². The second-order valence-electron chi connectivity index (χ2n) is 5.29. The molecule has 0 spiro atoms. The van der Waals surface area contributed by atoms with Crippen molar-refractivity contribution in [1.82, 2.24) is 29.7 Å². The van der Waals surface area contributed by atoms with Gasteiger partial charge in [-0.3, -0.25) is 4.68 Å². The third kappa shape index (κ3) is 2.80. The van der Waals surface area contributed by atoms with Crippen molar-refractivity contribution in [3.63, 3.8) is 0 Å². The minimum absolute atomic E-state index is 0.0343. The Morgan fingerprint density at radius 3 is 2.48 bits per heavy atom. The largest absolute Gasteiger partial charge is 0.476 e. The minimum atomic E-state index is -1.08. The van der Waals surface area contributed by atoms with Gasteiger partial charge >= 0.3 is 5.97 Å². The molecule has 0 atom stereocenters. The maximum absolute atomic E-state index is 11.4. The van der Waals surface area contributed by atoms with Crippen molar-refractivity contribution in [2.45, 2.75) is 20.4 Å². The zero-order valence-corrected chi connectivity index (χ0v) is 13.0. The SMILES string of the molecule is Cc1nn(C)c(C)c1-c1c(C(=O)O)nnn1CCN(C)C. The molecule has 1 N–H and O–H groups in total. The minimum Gasteiger partial charge on any atom is -0.476 e. The van der Waals surface area contributed by atoms with Crippen LogP contribution in [0.2, 0.25) is 0 Å². The number of carboxylic acids is 1. The summed E-state index contributed by atoms with van der Waals surface area (Å²) < 4.78 is 3.38. The Bertz CT molecular complexity index is 670. The van der Waals surface area contributed by atoms with Crippen LogP contribution < -0.4 is 0 Å². The summed E-state index contributed by atoms with van der Waals surface area (Å²) in [4.78, 5) is 13.4. The second kappa shape index (κ2) is 5.65. The molecule has 0 aliphatic carbocycles. The molecule has 2 heterocycles. The normalized spacial score (nSPS) is 11.3. The Hall–Kier alpha value is -2.22. The molecule has 0 radical (unpaired) electrons. The molecule has 8 heteroatoms. The molecular weight excluding hydrogens is 272 g/mol. The van der Waals surface area contributed by atoms with Gasteiger partial charge in [-0.15, -0.1) is 5.10 Å². The lowest BCUT2D eigenvalue weighted by molar-refractivity contribution is 0.0691. The van der Waals surface area contributed by atoms with Gasteiger partial charge in [-0.25, -0.2) is 9.48 Å². The van der Waals surface area contributed by atoms with Crippen LogP contribution in [0.4, 0.5) is 0 Å². The first kappa shape index (κ1) is 15.2. The Morgan fingerprint density at radius 1 is 1.33 bits per heavy atom. The van der Waals surface area contributed by atoms with E-state index in [9.17, 15) is 9.90 Å². The number of aromatic carboxylic acids is 1. The van der Waals surface area contributed by atoms with Crippen molar-refractivity contribution in [2.24, 2.45) is 7.05 Å². The summed E-state index contributed by atoms with van der Waals surface area (Å²) in [6.07, 6.45) is 0. The number of carboxylic acid groups (broad SMARTS) is 1. The summed E-state index contributed by atoms with van der Waals surface area (Å²) in [7, 11) is 5.74. The van der Waals surface area contributed by atoms with Crippen LogP contribution in [0.15, 0.2) is 0 Å².